The number of ether oxygens (including phenoxy) is 1. The molecule has 0 radical (unpaired) electrons. The minimum absolute atomic E-state index is 0.300. The number of hydrogen-bond acceptors (Lipinski definition) is 4. The summed E-state index contributed by atoms with van der Waals surface area (Å²) < 4.78 is 6.22. The SMILES string of the molecule is CCCNC(c1ccc(C)s1)C1CN2CCCC2CO1. The van der Waals surface area contributed by atoms with Gasteiger partial charge in [-0.05, 0) is 51.4 Å². The Labute approximate surface area is 126 Å². The zero-order valence-electron chi connectivity index (χ0n) is 12.6. The Balaban J connectivity index is 1.71. The lowest BCUT2D eigenvalue weighted by Crippen LogP contribution is -2.50. The van der Waals surface area contributed by atoms with E-state index >= 15 is 0 Å². The molecule has 0 aliphatic carbocycles. The van der Waals surface area contributed by atoms with E-state index in [1.807, 2.05) is 11.3 Å². The molecule has 1 aromatic rings. The van der Waals surface area contributed by atoms with Crippen molar-refractivity contribution in [2.45, 2.75) is 51.3 Å². The number of morpholine rings is 1. The third kappa shape index (κ3) is 3.08. The highest BCUT2D eigenvalue weighted by Crippen LogP contribution is 2.31. The van der Waals surface area contributed by atoms with Crippen LogP contribution >= 0.6 is 11.3 Å². The normalized spacial score (nSPS) is 28.5. The Bertz CT molecular complexity index is 434. The molecule has 2 aliphatic heterocycles. The molecule has 2 saturated heterocycles. The lowest BCUT2D eigenvalue weighted by Gasteiger charge is -2.39. The quantitative estimate of drug-likeness (QED) is 0.903. The maximum absolute atomic E-state index is 6.22. The average Bonchev–Trinajstić information content (AvgIpc) is 3.07. The maximum Gasteiger partial charge on any atom is 0.0905 e. The Morgan fingerprint density at radius 1 is 1.50 bits per heavy atom. The third-order valence-electron chi connectivity index (χ3n) is 4.47. The third-order valence-corrected chi connectivity index (χ3v) is 5.55. The van der Waals surface area contributed by atoms with Gasteiger partial charge < -0.3 is 10.1 Å². The summed E-state index contributed by atoms with van der Waals surface area (Å²) in [7, 11) is 0. The summed E-state index contributed by atoms with van der Waals surface area (Å²) in [5.41, 5.74) is 0. The van der Waals surface area contributed by atoms with Crippen LogP contribution in [0.4, 0.5) is 0 Å². The van der Waals surface area contributed by atoms with Crippen molar-refractivity contribution >= 4 is 11.3 Å². The van der Waals surface area contributed by atoms with E-state index in [0.717, 1.165) is 19.7 Å². The molecule has 3 rings (SSSR count). The van der Waals surface area contributed by atoms with Crippen molar-refractivity contribution in [3.63, 3.8) is 0 Å². The molecule has 20 heavy (non-hydrogen) atoms. The molecular weight excluding hydrogens is 268 g/mol. The molecule has 0 amide bonds. The van der Waals surface area contributed by atoms with Crippen molar-refractivity contribution in [1.29, 1.82) is 0 Å². The fraction of sp³-hybridized carbons (Fsp3) is 0.750. The number of thiophene rings is 1. The van der Waals surface area contributed by atoms with Crippen LogP contribution in [0.5, 0.6) is 0 Å². The van der Waals surface area contributed by atoms with Gasteiger partial charge in [-0.15, -0.1) is 11.3 Å². The lowest BCUT2D eigenvalue weighted by molar-refractivity contribution is -0.0647. The molecule has 3 atom stereocenters. The molecule has 4 heteroatoms. The Morgan fingerprint density at radius 3 is 3.15 bits per heavy atom. The molecular formula is C16H26N2OS. The second kappa shape index (κ2) is 6.56. The minimum atomic E-state index is 0.300. The summed E-state index contributed by atoms with van der Waals surface area (Å²) in [5.74, 6) is 0. The highest BCUT2D eigenvalue weighted by molar-refractivity contribution is 7.12. The van der Waals surface area contributed by atoms with Crippen molar-refractivity contribution < 1.29 is 4.74 Å². The van der Waals surface area contributed by atoms with E-state index in [2.05, 4.69) is 36.2 Å². The fourth-order valence-corrected chi connectivity index (χ4v) is 4.39. The van der Waals surface area contributed by atoms with Gasteiger partial charge >= 0.3 is 0 Å². The minimum Gasteiger partial charge on any atom is -0.373 e. The Morgan fingerprint density at radius 2 is 2.40 bits per heavy atom. The monoisotopic (exact) mass is 294 g/mol. The van der Waals surface area contributed by atoms with E-state index in [4.69, 9.17) is 4.74 Å². The van der Waals surface area contributed by atoms with Gasteiger partial charge in [0.25, 0.3) is 0 Å². The largest absolute Gasteiger partial charge is 0.373 e. The smallest absolute Gasteiger partial charge is 0.0905 e. The molecule has 2 fully saturated rings. The first-order chi connectivity index (χ1) is 9.78. The van der Waals surface area contributed by atoms with Gasteiger partial charge in [-0.1, -0.05) is 6.92 Å². The molecule has 112 valence electrons. The van der Waals surface area contributed by atoms with Crippen LogP contribution in [-0.4, -0.2) is 43.3 Å². The maximum atomic E-state index is 6.22. The van der Waals surface area contributed by atoms with Crippen LogP contribution in [0.25, 0.3) is 0 Å². The first-order valence-corrected chi connectivity index (χ1v) is 8.75. The van der Waals surface area contributed by atoms with Crippen LogP contribution in [0.15, 0.2) is 12.1 Å². The second-order valence-corrected chi connectivity index (χ2v) is 7.36. The summed E-state index contributed by atoms with van der Waals surface area (Å²) in [5, 5.41) is 3.71. The fourth-order valence-electron chi connectivity index (χ4n) is 3.38. The summed E-state index contributed by atoms with van der Waals surface area (Å²) in [6, 6.07) is 5.54. The van der Waals surface area contributed by atoms with E-state index < -0.39 is 0 Å². The van der Waals surface area contributed by atoms with E-state index in [1.165, 1.54) is 35.6 Å². The van der Waals surface area contributed by atoms with Gasteiger partial charge in [0.05, 0.1) is 18.8 Å². The molecule has 0 aromatic carbocycles. The summed E-state index contributed by atoms with van der Waals surface area (Å²) in [4.78, 5) is 5.45. The predicted molar refractivity (Wildman–Crippen MR) is 84.4 cm³/mol. The molecule has 1 aromatic heterocycles. The first-order valence-electron chi connectivity index (χ1n) is 7.93. The highest BCUT2D eigenvalue weighted by atomic mass is 32.1. The summed E-state index contributed by atoms with van der Waals surface area (Å²) >= 11 is 1.90. The van der Waals surface area contributed by atoms with Crippen LogP contribution in [0.1, 0.15) is 42.0 Å². The van der Waals surface area contributed by atoms with Crippen LogP contribution < -0.4 is 5.32 Å². The zero-order valence-corrected chi connectivity index (χ0v) is 13.4. The summed E-state index contributed by atoms with van der Waals surface area (Å²) in [6.07, 6.45) is 4.12. The van der Waals surface area contributed by atoms with Gasteiger partial charge in [0.1, 0.15) is 0 Å². The molecule has 3 nitrogen and oxygen atoms in total. The van der Waals surface area contributed by atoms with E-state index in [-0.39, 0.29) is 0 Å². The van der Waals surface area contributed by atoms with E-state index in [0.29, 0.717) is 18.2 Å². The lowest BCUT2D eigenvalue weighted by atomic mass is 10.1. The van der Waals surface area contributed by atoms with Gasteiger partial charge in [-0.3, -0.25) is 4.90 Å². The molecule has 3 unspecified atom stereocenters. The van der Waals surface area contributed by atoms with E-state index in [1.54, 1.807) is 0 Å². The van der Waals surface area contributed by atoms with Crippen LogP contribution in [0.2, 0.25) is 0 Å². The van der Waals surface area contributed by atoms with Gasteiger partial charge in [0, 0.05) is 22.3 Å². The van der Waals surface area contributed by atoms with Crippen molar-refractivity contribution in [2.75, 3.05) is 26.2 Å². The van der Waals surface area contributed by atoms with Gasteiger partial charge in [-0.2, -0.15) is 0 Å². The van der Waals surface area contributed by atoms with Crippen LogP contribution in [0.3, 0.4) is 0 Å². The van der Waals surface area contributed by atoms with E-state index in [9.17, 15) is 0 Å². The van der Waals surface area contributed by atoms with Crippen molar-refractivity contribution in [3.8, 4) is 0 Å². The average molecular weight is 294 g/mol. The molecule has 0 spiro atoms. The number of fused-ring (bicyclic) bond motifs is 1. The summed E-state index contributed by atoms with van der Waals surface area (Å²) in [6.45, 7) is 8.73. The van der Waals surface area contributed by atoms with Gasteiger partial charge in [0.2, 0.25) is 0 Å². The Kier molecular flexibility index (Phi) is 4.76. The van der Waals surface area contributed by atoms with Crippen molar-refractivity contribution in [3.05, 3.63) is 21.9 Å². The number of nitrogens with one attached hydrogen (secondary N) is 1. The van der Waals surface area contributed by atoms with Crippen molar-refractivity contribution in [1.82, 2.24) is 10.2 Å². The van der Waals surface area contributed by atoms with Crippen molar-refractivity contribution in [2.24, 2.45) is 0 Å². The predicted octanol–water partition coefficient (Wildman–Crippen LogP) is 2.96. The Hall–Kier alpha value is -0.420. The van der Waals surface area contributed by atoms with Crippen LogP contribution in [0, 0.1) is 6.92 Å². The first kappa shape index (κ1) is 14.5. The number of rotatable bonds is 5. The molecule has 2 aliphatic rings. The second-order valence-electron chi connectivity index (χ2n) is 6.04. The number of hydrogen-bond donors (Lipinski definition) is 1. The number of aryl methyl sites for hydroxylation is 1. The molecule has 0 saturated carbocycles. The highest BCUT2D eigenvalue weighted by Gasteiger charge is 2.36. The molecule has 1 N–H and O–H groups in total. The van der Waals surface area contributed by atoms with Crippen LogP contribution in [-0.2, 0) is 4.74 Å². The molecule has 3 heterocycles. The zero-order chi connectivity index (χ0) is 13.9. The standard InChI is InChI=1S/C16H26N2OS/c1-3-8-17-16(15-7-6-12(2)20-15)14-10-18-9-4-5-13(18)11-19-14/h6-7,13-14,16-17H,3-5,8-11H2,1-2H3. The topological polar surface area (TPSA) is 24.5 Å². The number of nitrogens with zero attached hydrogens (tertiary/aromatic N) is 1. The molecule has 0 bridgehead atoms. The van der Waals surface area contributed by atoms with Gasteiger partial charge in [-0.25, -0.2) is 0 Å². The van der Waals surface area contributed by atoms with Gasteiger partial charge in [0.15, 0.2) is 0 Å².